The maximum Gasteiger partial charge on any atom is 0.243 e. The number of amides is 1. The van der Waals surface area contributed by atoms with E-state index in [9.17, 15) is 13.2 Å². The smallest absolute Gasteiger partial charge is 0.243 e. The first-order valence-electron chi connectivity index (χ1n) is 8.57. The quantitative estimate of drug-likeness (QED) is 0.797. The Morgan fingerprint density at radius 3 is 2.50 bits per heavy atom. The minimum atomic E-state index is -3.53. The first-order valence-corrected chi connectivity index (χ1v) is 10.0. The summed E-state index contributed by atoms with van der Waals surface area (Å²) in [7, 11) is -3.53. The number of sulfonamides is 1. The van der Waals surface area contributed by atoms with Gasteiger partial charge >= 0.3 is 0 Å². The van der Waals surface area contributed by atoms with Crippen LogP contribution in [0.15, 0.2) is 23.1 Å². The van der Waals surface area contributed by atoms with Gasteiger partial charge < -0.3 is 15.0 Å². The molecule has 1 atom stereocenters. The van der Waals surface area contributed by atoms with Gasteiger partial charge in [0.05, 0.1) is 18.1 Å². The molecule has 0 bridgehead atoms. The summed E-state index contributed by atoms with van der Waals surface area (Å²) in [6.45, 7) is 6.78. The van der Waals surface area contributed by atoms with Gasteiger partial charge in [0.15, 0.2) is 0 Å². The van der Waals surface area contributed by atoms with E-state index < -0.39 is 10.0 Å². The van der Waals surface area contributed by atoms with Crippen molar-refractivity contribution in [3.8, 4) is 0 Å². The number of hydrogen-bond donors (Lipinski definition) is 1. The van der Waals surface area contributed by atoms with E-state index in [0.29, 0.717) is 50.8 Å². The second-order valence-electron chi connectivity index (χ2n) is 6.58. The fourth-order valence-corrected chi connectivity index (χ4v) is 4.95. The van der Waals surface area contributed by atoms with Gasteiger partial charge in [-0.1, -0.05) is 12.1 Å². The zero-order chi connectivity index (χ0) is 18.0. The monoisotopic (exact) mass is 403 g/mol. The minimum absolute atomic E-state index is 0. The zero-order valence-electron chi connectivity index (χ0n) is 15.1. The lowest BCUT2D eigenvalue weighted by molar-refractivity contribution is -0.137. The molecule has 26 heavy (non-hydrogen) atoms. The van der Waals surface area contributed by atoms with Crippen LogP contribution in [0.3, 0.4) is 0 Å². The van der Waals surface area contributed by atoms with Crippen LogP contribution in [-0.2, 0) is 19.6 Å². The Hall–Kier alpha value is -1.19. The van der Waals surface area contributed by atoms with Crippen LogP contribution in [0.5, 0.6) is 0 Å². The molecular formula is C17H26ClN3O4S. The molecule has 0 radical (unpaired) electrons. The van der Waals surface area contributed by atoms with Crippen molar-refractivity contribution in [2.45, 2.75) is 24.8 Å². The Kier molecular flexibility index (Phi) is 7.04. The summed E-state index contributed by atoms with van der Waals surface area (Å²) >= 11 is 0. The van der Waals surface area contributed by atoms with Gasteiger partial charge in [0.25, 0.3) is 0 Å². The SMILES string of the molecule is Cc1ccc(C)c(S(=O)(=O)N2CCN(C(=O)C3COCCN3)CC2)c1.Cl. The molecular weight excluding hydrogens is 378 g/mol. The van der Waals surface area contributed by atoms with Crippen molar-refractivity contribution in [2.24, 2.45) is 0 Å². The largest absolute Gasteiger partial charge is 0.378 e. The molecule has 1 unspecified atom stereocenters. The third-order valence-electron chi connectivity index (χ3n) is 4.73. The van der Waals surface area contributed by atoms with Gasteiger partial charge in [-0.05, 0) is 31.0 Å². The van der Waals surface area contributed by atoms with Crippen LogP contribution in [0.4, 0.5) is 0 Å². The van der Waals surface area contributed by atoms with Crippen LogP contribution in [0.2, 0.25) is 0 Å². The van der Waals surface area contributed by atoms with Crippen LogP contribution in [0.1, 0.15) is 11.1 Å². The third kappa shape index (κ3) is 4.37. The standard InChI is InChI=1S/C17H25N3O4S.ClH/c1-13-3-4-14(2)16(11-13)25(22,23)20-8-6-19(7-9-20)17(21)15-12-24-10-5-18-15;/h3-4,11,15,18H,5-10,12H2,1-2H3;1H. The van der Waals surface area contributed by atoms with Crippen LogP contribution in [0, 0.1) is 13.8 Å². The molecule has 9 heteroatoms. The number of benzene rings is 1. The predicted octanol–water partition coefficient (Wildman–Crippen LogP) is 0.547. The van der Waals surface area contributed by atoms with E-state index in [2.05, 4.69) is 5.32 Å². The first-order chi connectivity index (χ1) is 11.9. The van der Waals surface area contributed by atoms with E-state index in [4.69, 9.17) is 4.74 Å². The van der Waals surface area contributed by atoms with Crippen molar-refractivity contribution in [1.82, 2.24) is 14.5 Å². The molecule has 1 aromatic carbocycles. The summed E-state index contributed by atoms with van der Waals surface area (Å²) in [6, 6.07) is 5.13. The normalized spacial score (nSPS) is 21.9. The van der Waals surface area contributed by atoms with Crippen molar-refractivity contribution >= 4 is 28.3 Å². The number of nitrogens with one attached hydrogen (secondary N) is 1. The molecule has 2 aliphatic rings. The molecule has 0 spiro atoms. The molecule has 2 heterocycles. The van der Waals surface area contributed by atoms with E-state index in [1.54, 1.807) is 17.9 Å². The van der Waals surface area contributed by atoms with Gasteiger partial charge in [-0.2, -0.15) is 4.31 Å². The number of halogens is 1. The maximum atomic E-state index is 12.9. The summed E-state index contributed by atoms with van der Waals surface area (Å²) in [5.41, 5.74) is 1.66. The van der Waals surface area contributed by atoms with Crippen LogP contribution < -0.4 is 5.32 Å². The molecule has 0 saturated carbocycles. The summed E-state index contributed by atoms with van der Waals surface area (Å²) in [6.07, 6.45) is 0. The molecule has 1 amide bonds. The average molecular weight is 404 g/mol. The van der Waals surface area contributed by atoms with Crippen molar-refractivity contribution in [3.63, 3.8) is 0 Å². The van der Waals surface area contributed by atoms with Gasteiger partial charge in [-0.15, -0.1) is 12.4 Å². The van der Waals surface area contributed by atoms with E-state index >= 15 is 0 Å². The van der Waals surface area contributed by atoms with E-state index in [0.717, 1.165) is 11.1 Å². The summed E-state index contributed by atoms with van der Waals surface area (Å²) < 4.78 is 32.7. The summed E-state index contributed by atoms with van der Waals surface area (Å²) in [4.78, 5) is 14.6. The highest BCUT2D eigenvalue weighted by atomic mass is 35.5. The topological polar surface area (TPSA) is 79.0 Å². The molecule has 2 aliphatic heterocycles. The fourth-order valence-electron chi connectivity index (χ4n) is 3.22. The Bertz CT molecular complexity index is 742. The maximum absolute atomic E-state index is 12.9. The number of rotatable bonds is 3. The van der Waals surface area contributed by atoms with E-state index in [1.165, 1.54) is 4.31 Å². The molecule has 2 fully saturated rings. The fraction of sp³-hybridized carbons (Fsp3) is 0.588. The number of piperazine rings is 1. The highest BCUT2D eigenvalue weighted by Gasteiger charge is 2.33. The Labute approximate surface area is 161 Å². The second kappa shape index (κ2) is 8.67. The number of nitrogens with zero attached hydrogens (tertiary/aromatic N) is 2. The molecule has 1 aromatic rings. The Morgan fingerprint density at radius 1 is 1.19 bits per heavy atom. The van der Waals surface area contributed by atoms with Crippen molar-refractivity contribution < 1.29 is 17.9 Å². The lowest BCUT2D eigenvalue weighted by Gasteiger charge is -2.36. The highest BCUT2D eigenvalue weighted by Crippen LogP contribution is 2.22. The Morgan fingerprint density at radius 2 is 1.88 bits per heavy atom. The molecule has 0 aliphatic carbocycles. The van der Waals surface area contributed by atoms with Gasteiger partial charge in [-0.3, -0.25) is 4.79 Å². The van der Waals surface area contributed by atoms with Gasteiger partial charge in [0.2, 0.25) is 15.9 Å². The minimum Gasteiger partial charge on any atom is -0.378 e. The molecule has 1 N–H and O–H groups in total. The highest BCUT2D eigenvalue weighted by molar-refractivity contribution is 7.89. The van der Waals surface area contributed by atoms with Crippen molar-refractivity contribution in [2.75, 3.05) is 45.9 Å². The Balaban J connectivity index is 0.00000243. The third-order valence-corrected chi connectivity index (χ3v) is 6.77. The van der Waals surface area contributed by atoms with E-state index in [-0.39, 0.29) is 24.4 Å². The van der Waals surface area contributed by atoms with Crippen LogP contribution >= 0.6 is 12.4 Å². The first kappa shape index (κ1) is 21.1. The zero-order valence-corrected chi connectivity index (χ0v) is 16.7. The second-order valence-corrected chi connectivity index (χ2v) is 8.49. The lowest BCUT2D eigenvalue weighted by atomic mass is 10.2. The molecule has 2 saturated heterocycles. The summed E-state index contributed by atoms with van der Waals surface area (Å²) in [5.74, 6) is -0.0107. The molecule has 0 aromatic heterocycles. The average Bonchev–Trinajstić information content (AvgIpc) is 2.64. The molecule has 146 valence electrons. The van der Waals surface area contributed by atoms with Gasteiger partial charge in [0.1, 0.15) is 6.04 Å². The summed E-state index contributed by atoms with van der Waals surface area (Å²) in [5, 5.41) is 3.15. The number of morpholine rings is 1. The number of hydrogen-bond acceptors (Lipinski definition) is 5. The number of ether oxygens (including phenoxy) is 1. The lowest BCUT2D eigenvalue weighted by Crippen LogP contribution is -2.57. The number of carbonyl (C=O) groups excluding carboxylic acids is 1. The molecule has 7 nitrogen and oxygen atoms in total. The van der Waals surface area contributed by atoms with Crippen LogP contribution in [-0.4, -0.2) is 75.5 Å². The van der Waals surface area contributed by atoms with Crippen molar-refractivity contribution in [1.29, 1.82) is 0 Å². The number of aryl methyl sites for hydroxylation is 2. The van der Waals surface area contributed by atoms with Crippen LogP contribution in [0.25, 0.3) is 0 Å². The van der Waals surface area contributed by atoms with Gasteiger partial charge in [0, 0.05) is 32.7 Å². The predicted molar refractivity (Wildman–Crippen MR) is 101 cm³/mol. The number of carbonyl (C=O) groups is 1. The van der Waals surface area contributed by atoms with E-state index in [1.807, 2.05) is 19.1 Å². The van der Waals surface area contributed by atoms with Crippen molar-refractivity contribution in [3.05, 3.63) is 29.3 Å². The molecule has 3 rings (SSSR count). The van der Waals surface area contributed by atoms with Gasteiger partial charge in [-0.25, -0.2) is 8.42 Å².